The molecule has 1 amide bonds. The standard InChI is InChI=1S/C20H22ClN5O2S/c1-12-3-2-6-26(8-12)9-14-11-29-19(23-14)13-4-5-15(21)16(7-13)24-18(27)17-10-28-20(22)25-17/h4-5,7,10-12H,2-3,6,8-9H2,1H3,(H2,22,25)(H,24,27). The van der Waals surface area contributed by atoms with E-state index in [0.717, 1.165) is 41.8 Å². The normalized spacial score (nSPS) is 17.4. The molecule has 3 N–H and O–H groups in total. The van der Waals surface area contributed by atoms with Gasteiger partial charge in [0.05, 0.1) is 16.4 Å². The molecule has 3 aromatic rings. The average molecular weight is 432 g/mol. The number of carbonyl (C=O) groups is 1. The Bertz CT molecular complexity index is 1020. The number of amides is 1. The third-order valence-electron chi connectivity index (χ3n) is 4.89. The zero-order chi connectivity index (χ0) is 20.4. The minimum absolute atomic E-state index is 0.0617. The number of nitrogens with one attached hydrogen (secondary N) is 1. The van der Waals surface area contributed by atoms with Gasteiger partial charge in [-0.3, -0.25) is 9.69 Å². The lowest BCUT2D eigenvalue weighted by molar-refractivity contribution is 0.102. The van der Waals surface area contributed by atoms with Gasteiger partial charge in [-0.2, -0.15) is 4.98 Å². The van der Waals surface area contributed by atoms with Gasteiger partial charge in [0.1, 0.15) is 11.3 Å². The Morgan fingerprint density at radius 3 is 3.07 bits per heavy atom. The highest BCUT2D eigenvalue weighted by Crippen LogP contribution is 2.31. The fourth-order valence-electron chi connectivity index (χ4n) is 3.50. The van der Waals surface area contributed by atoms with Crippen molar-refractivity contribution in [3.8, 4) is 10.6 Å². The van der Waals surface area contributed by atoms with E-state index >= 15 is 0 Å². The largest absolute Gasteiger partial charge is 0.431 e. The van der Waals surface area contributed by atoms with Gasteiger partial charge in [0.15, 0.2) is 5.69 Å². The number of piperidine rings is 1. The first-order valence-corrected chi connectivity index (χ1v) is 10.7. The molecule has 1 aromatic carbocycles. The first kappa shape index (κ1) is 19.9. The van der Waals surface area contributed by atoms with Crippen molar-refractivity contribution in [2.75, 3.05) is 24.1 Å². The van der Waals surface area contributed by atoms with E-state index in [-0.39, 0.29) is 11.7 Å². The van der Waals surface area contributed by atoms with E-state index in [2.05, 4.69) is 27.5 Å². The Morgan fingerprint density at radius 1 is 1.45 bits per heavy atom. The average Bonchev–Trinajstić information content (AvgIpc) is 3.33. The number of aromatic nitrogens is 2. The molecule has 9 heteroatoms. The number of likely N-dealkylation sites (tertiary alicyclic amines) is 1. The molecule has 1 saturated heterocycles. The SMILES string of the molecule is CC1CCCN(Cc2csc(-c3ccc(Cl)c(NC(=O)c4coc(N)n4)c3)n2)C1. The summed E-state index contributed by atoms with van der Waals surface area (Å²) in [6.45, 7) is 5.42. The number of hydrogen-bond donors (Lipinski definition) is 2. The predicted molar refractivity (Wildman–Crippen MR) is 115 cm³/mol. The van der Waals surface area contributed by atoms with Crippen LogP contribution in [0.4, 0.5) is 11.7 Å². The molecule has 0 radical (unpaired) electrons. The number of rotatable bonds is 5. The number of carbonyl (C=O) groups excluding carboxylic acids is 1. The summed E-state index contributed by atoms with van der Waals surface area (Å²) in [5.41, 5.74) is 7.96. The molecule has 7 nitrogen and oxygen atoms in total. The Balaban J connectivity index is 1.48. The van der Waals surface area contributed by atoms with Crippen molar-refractivity contribution in [3.05, 3.63) is 46.3 Å². The Kier molecular flexibility index (Phi) is 5.84. The monoisotopic (exact) mass is 431 g/mol. The summed E-state index contributed by atoms with van der Waals surface area (Å²) in [6, 6.07) is 5.40. The quantitative estimate of drug-likeness (QED) is 0.616. The van der Waals surface area contributed by atoms with Crippen LogP contribution in [-0.4, -0.2) is 33.9 Å². The van der Waals surface area contributed by atoms with Crippen molar-refractivity contribution < 1.29 is 9.21 Å². The zero-order valence-corrected chi connectivity index (χ0v) is 17.6. The smallest absolute Gasteiger partial charge is 0.292 e. The Morgan fingerprint density at radius 2 is 2.31 bits per heavy atom. The first-order chi connectivity index (χ1) is 14.0. The molecule has 0 bridgehead atoms. The molecule has 152 valence electrons. The lowest BCUT2D eigenvalue weighted by Gasteiger charge is -2.30. The molecule has 0 spiro atoms. The van der Waals surface area contributed by atoms with Gasteiger partial charge in [0.2, 0.25) is 0 Å². The lowest BCUT2D eigenvalue weighted by atomic mass is 10.0. The molecule has 1 aliphatic rings. The van der Waals surface area contributed by atoms with Gasteiger partial charge in [0.25, 0.3) is 11.9 Å². The van der Waals surface area contributed by atoms with Crippen LogP contribution < -0.4 is 11.1 Å². The minimum Gasteiger partial charge on any atom is -0.431 e. The molecule has 1 unspecified atom stereocenters. The summed E-state index contributed by atoms with van der Waals surface area (Å²) < 4.78 is 4.88. The van der Waals surface area contributed by atoms with E-state index in [1.807, 2.05) is 12.1 Å². The minimum atomic E-state index is -0.441. The van der Waals surface area contributed by atoms with E-state index < -0.39 is 5.91 Å². The molecule has 1 fully saturated rings. The molecule has 3 heterocycles. The van der Waals surface area contributed by atoms with Crippen molar-refractivity contribution >= 4 is 40.5 Å². The lowest BCUT2D eigenvalue weighted by Crippen LogP contribution is -2.33. The second-order valence-corrected chi connectivity index (χ2v) is 8.61. The van der Waals surface area contributed by atoms with E-state index in [1.54, 1.807) is 17.4 Å². The third-order valence-corrected chi connectivity index (χ3v) is 6.16. The zero-order valence-electron chi connectivity index (χ0n) is 16.0. The van der Waals surface area contributed by atoms with Crippen molar-refractivity contribution in [2.45, 2.75) is 26.3 Å². The van der Waals surface area contributed by atoms with Crippen molar-refractivity contribution in [3.63, 3.8) is 0 Å². The molecule has 0 saturated carbocycles. The maximum Gasteiger partial charge on any atom is 0.292 e. The summed E-state index contributed by atoms with van der Waals surface area (Å²) in [5, 5.41) is 6.16. The van der Waals surface area contributed by atoms with Gasteiger partial charge in [-0.25, -0.2) is 4.98 Å². The number of benzene rings is 1. The number of oxazole rings is 1. The van der Waals surface area contributed by atoms with Crippen molar-refractivity contribution in [2.24, 2.45) is 5.92 Å². The summed E-state index contributed by atoms with van der Waals surface area (Å²) in [5.74, 6) is 0.299. The maximum atomic E-state index is 12.3. The van der Waals surface area contributed by atoms with E-state index in [9.17, 15) is 4.79 Å². The van der Waals surface area contributed by atoms with Crippen molar-refractivity contribution in [1.82, 2.24) is 14.9 Å². The highest BCUT2D eigenvalue weighted by molar-refractivity contribution is 7.13. The second-order valence-electron chi connectivity index (χ2n) is 7.35. The molecule has 4 rings (SSSR count). The number of nitrogens with two attached hydrogens (primary N) is 1. The number of nitrogen functional groups attached to an aromatic ring is 1. The predicted octanol–water partition coefficient (Wildman–Crippen LogP) is 4.52. The Labute approximate surface area is 177 Å². The third kappa shape index (κ3) is 4.77. The maximum absolute atomic E-state index is 12.3. The van der Waals surface area contributed by atoms with E-state index in [0.29, 0.717) is 10.7 Å². The van der Waals surface area contributed by atoms with Crippen LogP contribution in [-0.2, 0) is 6.54 Å². The topological polar surface area (TPSA) is 97.3 Å². The molecule has 29 heavy (non-hydrogen) atoms. The van der Waals surface area contributed by atoms with Gasteiger partial charge in [-0.15, -0.1) is 11.3 Å². The van der Waals surface area contributed by atoms with Gasteiger partial charge >= 0.3 is 0 Å². The summed E-state index contributed by atoms with van der Waals surface area (Å²) >= 11 is 7.85. The van der Waals surface area contributed by atoms with Crippen LogP contribution >= 0.6 is 22.9 Å². The Hall–Kier alpha value is -2.42. The second kappa shape index (κ2) is 8.52. The molecule has 1 aliphatic heterocycles. The number of nitrogens with zero attached hydrogens (tertiary/aromatic N) is 3. The van der Waals surface area contributed by atoms with Crippen LogP contribution in [0.25, 0.3) is 10.6 Å². The molecule has 2 aromatic heterocycles. The summed E-state index contributed by atoms with van der Waals surface area (Å²) in [4.78, 5) is 23.4. The molecule has 0 aliphatic carbocycles. The van der Waals surface area contributed by atoms with E-state index in [4.69, 9.17) is 26.7 Å². The fourth-order valence-corrected chi connectivity index (χ4v) is 4.48. The van der Waals surface area contributed by atoms with Crippen molar-refractivity contribution in [1.29, 1.82) is 0 Å². The van der Waals surface area contributed by atoms with E-state index in [1.165, 1.54) is 19.1 Å². The highest BCUT2D eigenvalue weighted by atomic mass is 35.5. The van der Waals surface area contributed by atoms with Gasteiger partial charge in [-0.1, -0.05) is 24.6 Å². The van der Waals surface area contributed by atoms with Crippen LogP contribution in [0.15, 0.2) is 34.3 Å². The number of thiazole rings is 1. The number of halogens is 1. The fraction of sp³-hybridized carbons (Fsp3) is 0.350. The molecular formula is C20H22ClN5O2S. The summed E-state index contributed by atoms with van der Waals surface area (Å²) in [7, 11) is 0. The van der Waals surface area contributed by atoms with Gasteiger partial charge in [-0.05, 0) is 37.4 Å². The highest BCUT2D eigenvalue weighted by Gasteiger charge is 2.18. The van der Waals surface area contributed by atoms with Crippen LogP contribution in [0.5, 0.6) is 0 Å². The summed E-state index contributed by atoms with van der Waals surface area (Å²) in [6.07, 6.45) is 3.76. The van der Waals surface area contributed by atoms with Crippen LogP contribution in [0.1, 0.15) is 35.9 Å². The van der Waals surface area contributed by atoms with Gasteiger partial charge in [0, 0.05) is 24.0 Å². The number of hydrogen-bond acceptors (Lipinski definition) is 7. The molecule has 1 atom stereocenters. The number of anilines is 2. The van der Waals surface area contributed by atoms with Gasteiger partial charge < -0.3 is 15.5 Å². The van der Waals surface area contributed by atoms with Crippen LogP contribution in [0.3, 0.4) is 0 Å². The van der Waals surface area contributed by atoms with Crippen LogP contribution in [0.2, 0.25) is 5.02 Å². The first-order valence-electron chi connectivity index (χ1n) is 9.47. The van der Waals surface area contributed by atoms with Crippen LogP contribution in [0, 0.1) is 5.92 Å². The molecular weight excluding hydrogens is 410 g/mol.